The number of ether oxygens (including phenoxy) is 1. The Kier molecular flexibility index (Phi) is 7.64. The van der Waals surface area contributed by atoms with Gasteiger partial charge in [-0.05, 0) is 6.42 Å². The molecule has 0 aromatic carbocycles. The van der Waals surface area contributed by atoms with E-state index in [1.54, 1.807) is 6.07 Å². The molecule has 1 fully saturated rings. The number of nitrogens with two attached hydrogens (primary N) is 1. The van der Waals surface area contributed by atoms with Crippen molar-refractivity contribution in [3.8, 4) is 6.07 Å². The van der Waals surface area contributed by atoms with Crippen molar-refractivity contribution >= 4 is 11.7 Å². The quantitative estimate of drug-likeness (QED) is 0.433. The average Bonchev–Trinajstić information content (AvgIpc) is 3.18. The molecular formula is C16H18F3N7O4. The van der Waals surface area contributed by atoms with Crippen molar-refractivity contribution in [1.29, 1.82) is 5.26 Å². The smallest absolute Gasteiger partial charge is 0.390 e. The number of nitriles is 1. The molecule has 30 heavy (non-hydrogen) atoms. The molecule has 3 heterocycles. The van der Waals surface area contributed by atoms with Gasteiger partial charge in [0.05, 0.1) is 18.5 Å². The lowest BCUT2D eigenvalue weighted by Gasteiger charge is -2.31. The number of aromatic nitrogens is 4. The Morgan fingerprint density at radius 1 is 1.43 bits per heavy atom. The fraction of sp³-hybridized carbons (Fsp3) is 0.438. The van der Waals surface area contributed by atoms with Crippen LogP contribution in [0, 0.1) is 11.3 Å². The van der Waals surface area contributed by atoms with Crippen LogP contribution < -0.4 is 11.1 Å². The van der Waals surface area contributed by atoms with E-state index >= 15 is 0 Å². The van der Waals surface area contributed by atoms with Gasteiger partial charge in [0.15, 0.2) is 11.4 Å². The fourth-order valence-electron chi connectivity index (χ4n) is 2.34. The van der Waals surface area contributed by atoms with Crippen molar-refractivity contribution in [2.45, 2.75) is 30.9 Å². The van der Waals surface area contributed by atoms with Crippen molar-refractivity contribution in [3.05, 3.63) is 35.5 Å². The molecule has 0 bridgehead atoms. The Bertz CT molecular complexity index is 899. The number of amides is 1. The molecule has 0 aliphatic carbocycles. The molecule has 14 heteroatoms. The molecule has 1 aliphatic rings. The molecule has 1 amide bonds. The van der Waals surface area contributed by atoms with Gasteiger partial charge in [-0.3, -0.25) is 14.9 Å². The highest BCUT2D eigenvalue weighted by atomic mass is 19.4. The monoisotopic (exact) mass is 429 g/mol. The van der Waals surface area contributed by atoms with Crippen molar-refractivity contribution in [1.82, 2.24) is 25.5 Å². The summed E-state index contributed by atoms with van der Waals surface area (Å²) in [6.07, 6.45) is -4.93. The molecule has 1 aliphatic heterocycles. The molecule has 3 atom stereocenters. The summed E-state index contributed by atoms with van der Waals surface area (Å²) in [5, 5.41) is 36.3. The summed E-state index contributed by atoms with van der Waals surface area (Å²) in [5.41, 5.74) is 4.18. The zero-order valence-corrected chi connectivity index (χ0v) is 15.3. The minimum absolute atomic E-state index is 0.0674. The van der Waals surface area contributed by atoms with Crippen molar-refractivity contribution in [3.63, 3.8) is 0 Å². The number of alkyl halides is 3. The zero-order valence-electron chi connectivity index (χ0n) is 15.3. The number of halogens is 3. The van der Waals surface area contributed by atoms with Crippen LogP contribution in [0.25, 0.3) is 0 Å². The molecule has 162 valence electrons. The number of carbonyl (C=O) groups is 1. The normalized spacial score (nSPS) is 21.1. The van der Waals surface area contributed by atoms with Crippen LogP contribution in [0.5, 0.6) is 0 Å². The maximum atomic E-state index is 11.8. The largest absolute Gasteiger partial charge is 0.434 e. The van der Waals surface area contributed by atoms with Crippen LogP contribution in [0.1, 0.15) is 28.3 Å². The Hall–Kier alpha value is -3.28. The first-order valence-corrected chi connectivity index (χ1v) is 8.48. The number of hydrogen-bond donors (Lipinski definition) is 5. The average molecular weight is 429 g/mol. The van der Waals surface area contributed by atoms with Gasteiger partial charge in [-0.1, -0.05) is 0 Å². The first-order chi connectivity index (χ1) is 14.1. The summed E-state index contributed by atoms with van der Waals surface area (Å²) in [6.45, 7) is 0.402. The number of hydrogen-bond acceptors (Lipinski definition) is 9. The third-order valence-electron chi connectivity index (χ3n) is 3.87. The maximum absolute atomic E-state index is 11.8. The predicted octanol–water partition coefficient (Wildman–Crippen LogP) is -0.401. The second kappa shape index (κ2) is 9.96. The lowest BCUT2D eigenvalue weighted by Crippen LogP contribution is -2.49. The first-order valence-electron chi connectivity index (χ1n) is 8.48. The third kappa shape index (κ3) is 6.37. The Labute approximate surface area is 167 Å². The number of aliphatic hydroxyl groups excluding tert-OH is 2. The molecule has 3 rings (SSSR count). The van der Waals surface area contributed by atoms with E-state index in [9.17, 15) is 28.2 Å². The van der Waals surface area contributed by atoms with Gasteiger partial charge in [-0.15, -0.1) is 0 Å². The van der Waals surface area contributed by atoms with Crippen LogP contribution in [0.4, 0.5) is 19.0 Å². The lowest BCUT2D eigenvalue weighted by atomic mass is 10.0. The Morgan fingerprint density at radius 3 is 2.73 bits per heavy atom. The van der Waals surface area contributed by atoms with E-state index in [1.807, 2.05) is 0 Å². The number of nitrogens with one attached hydrogen (secondary N) is 2. The van der Waals surface area contributed by atoms with Crippen LogP contribution in [0.15, 0.2) is 18.5 Å². The number of carbonyl (C=O) groups excluding carboxylic acids is 1. The third-order valence-corrected chi connectivity index (χ3v) is 3.87. The number of rotatable bonds is 3. The van der Waals surface area contributed by atoms with E-state index < -0.39 is 36.1 Å². The molecule has 0 radical (unpaired) electrons. The molecule has 6 N–H and O–H groups in total. The Balaban J connectivity index is 0.000000248. The van der Waals surface area contributed by atoms with Crippen molar-refractivity contribution in [2.24, 2.45) is 0 Å². The van der Waals surface area contributed by atoms with Crippen LogP contribution in [0.2, 0.25) is 0 Å². The summed E-state index contributed by atoms with van der Waals surface area (Å²) in [5.74, 6) is -0.690. The maximum Gasteiger partial charge on any atom is 0.434 e. The highest BCUT2D eigenvalue weighted by molar-refractivity contribution is 5.92. The van der Waals surface area contributed by atoms with Crippen LogP contribution in [-0.2, 0) is 10.9 Å². The van der Waals surface area contributed by atoms with Crippen LogP contribution in [-0.4, -0.2) is 67.7 Å². The summed E-state index contributed by atoms with van der Waals surface area (Å²) in [4.78, 5) is 18.0. The van der Waals surface area contributed by atoms with Gasteiger partial charge in [-0.2, -0.15) is 23.5 Å². The molecule has 2 aromatic rings. The standard InChI is InChI=1S/C11H14N4O4.C5H4F3N3/c12-4-6-3-7(15-14-6)11(18)13-5-9-10(17)8(16)1-2-19-9;6-5(7,8)3-1-10-2-4(9)11-3/h3,8-10,16-17H,1-2,5H2,(H,13,18)(H,14,15);1-2H,(H2,9,11). The number of aliphatic hydroxyl groups is 2. The summed E-state index contributed by atoms with van der Waals surface area (Å²) < 4.78 is 40.7. The summed E-state index contributed by atoms with van der Waals surface area (Å²) >= 11 is 0. The number of H-pyrrole nitrogens is 1. The van der Waals surface area contributed by atoms with Gasteiger partial charge < -0.3 is 26.0 Å². The molecule has 0 spiro atoms. The van der Waals surface area contributed by atoms with Crippen LogP contribution in [0.3, 0.4) is 0 Å². The SMILES string of the molecule is N#Cc1cc(C(=O)NCC2OCCC(O)C2O)[nH]n1.Nc1cncc(C(F)(F)F)n1. The van der Waals surface area contributed by atoms with E-state index in [0.29, 0.717) is 19.2 Å². The number of nitrogens with zero attached hydrogens (tertiary/aromatic N) is 4. The van der Waals surface area contributed by atoms with Gasteiger partial charge in [0.2, 0.25) is 0 Å². The molecule has 1 saturated heterocycles. The van der Waals surface area contributed by atoms with Gasteiger partial charge in [0, 0.05) is 19.2 Å². The predicted molar refractivity (Wildman–Crippen MR) is 93.5 cm³/mol. The zero-order chi connectivity index (χ0) is 22.3. The highest BCUT2D eigenvalue weighted by Crippen LogP contribution is 2.26. The molecular weight excluding hydrogens is 411 g/mol. The Morgan fingerprint density at radius 2 is 2.17 bits per heavy atom. The van der Waals surface area contributed by atoms with Crippen molar-refractivity contribution in [2.75, 3.05) is 18.9 Å². The van der Waals surface area contributed by atoms with E-state index in [-0.39, 0.29) is 23.8 Å². The highest BCUT2D eigenvalue weighted by Gasteiger charge is 2.33. The second-order valence-corrected chi connectivity index (χ2v) is 6.07. The number of nitrogen functional groups attached to an aromatic ring is 1. The summed E-state index contributed by atoms with van der Waals surface area (Å²) in [7, 11) is 0. The van der Waals surface area contributed by atoms with Gasteiger partial charge in [0.25, 0.3) is 5.91 Å². The number of anilines is 1. The summed E-state index contributed by atoms with van der Waals surface area (Å²) in [6, 6.07) is 3.12. The van der Waals surface area contributed by atoms with E-state index in [1.165, 1.54) is 6.07 Å². The molecule has 11 nitrogen and oxygen atoms in total. The van der Waals surface area contributed by atoms with Gasteiger partial charge >= 0.3 is 6.18 Å². The molecule has 3 unspecified atom stereocenters. The molecule has 2 aromatic heterocycles. The number of aromatic amines is 1. The topological polar surface area (TPSA) is 183 Å². The van der Waals surface area contributed by atoms with E-state index in [2.05, 4.69) is 25.5 Å². The van der Waals surface area contributed by atoms with Crippen molar-refractivity contribution < 1.29 is 32.9 Å². The van der Waals surface area contributed by atoms with Gasteiger partial charge in [-0.25, -0.2) is 4.98 Å². The minimum Gasteiger partial charge on any atom is -0.390 e. The van der Waals surface area contributed by atoms with Gasteiger partial charge in [0.1, 0.15) is 29.8 Å². The first kappa shape index (κ1) is 23.0. The fourth-order valence-corrected chi connectivity index (χ4v) is 2.34. The van der Waals surface area contributed by atoms with Crippen LogP contribution >= 0.6 is 0 Å². The lowest BCUT2D eigenvalue weighted by molar-refractivity contribution is -0.141. The molecule has 0 saturated carbocycles. The van der Waals surface area contributed by atoms with E-state index in [0.717, 1.165) is 6.20 Å². The minimum atomic E-state index is -4.47. The second-order valence-electron chi connectivity index (χ2n) is 6.07. The van der Waals surface area contributed by atoms with E-state index in [4.69, 9.17) is 15.7 Å².